The molecule has 1 aromatic heterocycles. The zero-order chi connectivity index (χ0) is 14.7. The van der Waals surface area contributed by atoms with Gasteiger partial charge in [0.25, 0.3) is 0 Å². The lowest BCUT2D eigenvalue weighted by Crippen LogP contribution is -2.14. The van der Waals surface area contributed by atoms with Gasteiger partial charge in [-0.15, -0.1) is 0 Å². The van der Waals surface area contributed by atoms with Gasteiger partial charge >= 0.3 is 11.9 Å². The van der Waals surface area contributed by atoms with Gasteiger partial charge in [0.2, 0.25) is 0 Å². The first-order chi connectivity index (χ1) is 9.47. The monoisotopic (exact) mass is 293 g/mol. The zero-order valence-corrected chi connectivity index (χ0v) is 11.2. The third kappa shape index (κ3) is 3.19. The maximum absolute atomic E-state index is 11.0. The number of aromatic nitrogens is 1. The van der Waals surface area contributed by atoms with E-state index in [1.165, 1.54) is 4.57 Å². The van der Waals surface area contributed by atoms with Crippen molar-refractivity contribution < 1.29 is 19.8 Å². The molecule has 104 valence electrons. The van der Waals surface area contributed by atoms with E-state index in [1.54, 1.807) is 36.4 Å². The molecule has 0 atom stereocenters. The largest absolute Gasteiger partial charge is 0.481 e. The van der Waals surface area contributed by atoms with Gasteiger partial charge in [0.1, 0.15) is 6.54 Å². The van der Waals surface area contributed by atoms with E-state index >= 15 is 0 Å². The average Bonchev–Trinajstić information content (AvgIpc) is 2.72. The SMILES string of the molecule is O=C(O)Cc1ccc(-c2ccc(Cl)cc2)n1CC(=O)O. The van der Waals surface area contributed by atoms with E-state index in [1.807, 2.05) is 0 Å². The molecule has 0 unspecified atom stereocenters. The minimum Gasteiger partial charge on any atom is -0.481 e. The average molecular weight is 294 g/mol. The maximum Gasteiger partial charge on any atom is 0.323 e. The van der Waals surface area contributed by atoms with E-state index in [-0.39, 0.29) is 13.0 Å². The zero-order valence-electron chi connectivity index (χ0n) is 10.4. The molecule has 5 nitrogen and oxygen atoms in total. The maximum atomic E-state index is 11.0. The molecule has 0 aliphatic rings. The molecular formula is C14H12ClNO4. The number of nitrogens with zero attached hydrogens (tertiary/aromatic N) is 1. The normalized spacial score (nSPS) is 10.4. The Kier molecular flexibility index (Phi) is 4.10. The number of carbonyl (C=O) groups is 2. The summed E-state index contributed by atoms with van der Waals surface area (Å²) < 4.78 is 1.49. The van der Waals surface area contributed by atoms with Crippen LogP contribution in [0.2, 0.25) is 5.02 Å². The molecule has 1 heterocycles. The van der Waals surface area contributed by atoms with Crippen LogP contribution in [0.3, 0.4) is 0 Å². The van der Waals surface area contributed by atoms with Crippen LogP contribution in [0, 0.1) is 0 Å². The van der Waals surface area contributed by atoms with Crippen LogP contribution in [-0.2, 0) is 22.6 Å². The van der Waals surface area contributed by atoms with Crippen LogP contribution in [0.1, 0.15) is 5.69 Å². The Hall–Kier alpha value is -2.27. The molecule has 0 radical (unpaired) electrons. The number of aliphatic carboxylic acids is 2. The lowest BCUT2D eigenvalue weighted by molar-refractivity contribution is -0.139. The van der Waals surface area contributed by atoms with Gasteiger partial charge < -0.3 is 14.8 Å². The van der Waals surface area contributed by atoms with E-state index in [0.717, 1.165) is 5.56 Å². The van der Waals surface area contributed by atoms with E-state index in [2.05, 4.69) is 0 Å². The van der Waals surface area contributed by atoms with Gasteiger partial charge in [-0.3, -0.25) is 9.59 Å². The molecule has 0 saturated carbocycles. The van der Waals surface area contributed by atoms with Gasteiger partial charge in [-0.05, 0) is 29.8 Å². The lowest BCUT2D eigenvalue weighted by Gasteiger charge is -2.10. The Morgan fingerprint density at radius 3 is 2.20 bits per heavy atom. The quantitative estimate of drug-likeness (QED) is 0.888. The van der Waals surface area contributed by atoms with Gasteiger partial charge in [0.05, 0.1) is 6.42 Å². The van der Waals surface area contributed by atoms with Crippen molar-refractivity contribution in [1.29, 1.82) is 0 Å². The molecule has 0 amide bonds. The Labute approximate surface area is 120 Å². The highest BCUT2D eigenvalue weighted by molar-refractivity contribution is 6.30. The Balaban J connectivity index is 2.46. The third-order valence-corrected chi connectivity index (χ3v) is 3.09. The van der Waals surface area contributed by atoms with Crippen molar-refractivity contribution in [2.45, 2.75) is 13.0 Å². The molecule has 6 heteroatoms. The number of hydrogen-bond donors (Lipinski definition) is 2. The van der Waals surface area contributed by atoms with Gasteiger partial charge in [-0.2, -0.15) is 0 Å². The fraction of sp³-hybridized carbons (Fsp3) is 0.143. The summed E-state index contributed by atoms with van der Waals surface area (Å²) in [5, 5.41) is 18.4. The number of halogens is 1. The Morgan fingerprint density at radius 2 is 1.65 bits per heavy atom. The second kappa shape index (κ2) is 5.79. The molecule has 2 N–H and O–H groups in total. The van der Waals surface area contributed by atoms with Crippen LogP contribution in [0.4, 0.5) is 0 Å². The summed E-state index contributed by atoms with van der Waals surface area (Å²) in [6.45, 7) is -0.284. The van der Waals surface area contributed by atoms with Crippen molar-refractivity contribution >= 4 is 23.5 Å². The molecule has 0 aliphatic heterocycles. The van der Waals surface area contributed by atoms with Crippen LogP contribution in [-0.4, -0.2) is 26.7 Å². The number of hydrogen-bond acceptors (Lipinski definition) is 2. The summed E-state index contributed by atoms with van der Waals surface area (Å²) in [5.41, 5.74) is 1.89. The summed E-state index contributed by atoms with van der Waals surface area (Å²) in [6, 6.07) is 10.3. The van der Waals surface area contributed by atoms with E-state index in [0.29, 0.717) is 16.4 Å². The molecule has 0 saturated heterocycles. The van der Waals surface area contributed by atoms with E-state index in [4.69, 9.17) is 21.8 Å². The molecule has 2 aromatic rings. The minimum absolute atomic E-state index is 0.221. The fourth-order valence-electron chi connectivity index (χ4n) is 2.01. The van der Waals surface area contributed by atoms with Crippen LogP contribution in [0.25, 0.3) is 11.3 Å². The summed E-state index contributed by atoms with van der Waals surface area (Å²) in [4.78, 5) is 21.8. The van der Waals surface area contributed by atoms with Crippen molar-refractivity contribution in [2.24, 2.45) is 0 Å². The smallest absolute Gasteiger partial charge is 0.323 e. The molecule has 2 rings (SSSR count). The first kappa shape index (κ1) is 14.1. The number of rotatable bonds is 5. The molecule has 0 fully saturated rings. The minimum atomic E-state index is -1.02. The Bertz CT molecular complexity index is 646. The van der Waals surface area contributed by atoms with Crippen molar-refractivity contribution in [2.75, 3.05) is 0 Å². The van der Waals surface area contributed by atoms with E-state index in [9.17, 15) is 9.59 Å². The number of carboxylic acids is 2. The molecule has 20 heavy (non-hydrogen) atoms. The molecular weight excluding hydrogens is 282 g/mol. The second-order valence-corrected chi connectivity index (χ2v) is 4.70. The standard InChI is InChI=1S/C14H12ClNO4/c15-10-3-1-9(2-4-10)12-6-5-11(7-13(17)18)16(12)8-14(19)20/h1-6H,7-8H2,(H,17,18)(H,19,20). The van der Waals surface area contributed by atoms with Gasteiger partial charge in [0, 0.05) is 16.4 Å². The Morgan fingerprint density at radius 1 is 1.00 bits per heavy atom. The van der Waals surface area contributed by atoms with Crippen molar-refractivity contribution in [1.82, 2.24) is 4.57 Å². The van der Waals surface area contributed by atoms with Crippen LogP contribution in [0.15, 0.2) is 36.4 Å². The summed E-state index contributed by atoms with van der Waals surface area (Å²) in [7, 11) is 0. The van der Waals surface area contributed by atoms with Gasteiger partial charge in [-0.25, -0.2) is 0 Å². The first-order valence-corrected chi connectivity index (χ1v) is 6.23. The summed E-state index contributed by atoms with van der Waals surface area (Å²) >= 11 is 5.82. The number of benzene rings is 1. The third-order valence-electron chi connectivity index (χ3n) is 2.84. The highest BCUT2D eigenvalue weighted by atomic mass is 35.5. The van der Waals surface area contributed by atoms with Crippen molar-refractivity contribution in [3.05, 3.63) is 47.1 Å². The van der Waals surface area contributed by atoms with Gasteiger partial charge in [0.15, 0.2) is 0 Å². The first-order valence-electron chi connectivity index (χ1n) is 5.85. The summed E-state index contributed by atoms with van der Waals surface area (Å²) in [6.07, 6.45) is -0.221. The van der Waals surface area contributed by atoms with Crippen LogP contribution < -0.4 is 0 Å². The van der Waals surface area contributed by atoms with Gasteiger partial charge in [-0.1, -0.05) is 23.7 Å². The van der Waals surface area contributed by atoms with Crippen LogP contribution >= 0.6 is 11.6 Å². The highest BCUT2D eigenvalue weighted by Crippen LogP contribution is 2.24. The predicted octanol–water partition coefficient (Wildman–Crippen LogP) is 2.52. The molecule has 0 aliphatic carbocycles. The van der Waals surface area contributed by atoms with Crippen LogP contribution in [0.5, 0.6) is 0 Å². The summed E-state index contributed by atoms with van der Waals surface area (Å²) in [5.74, 6) is -2.03. The topological polar surface area (TPSA) is 79.5 Å². The second-order valence-electron chi connectivity index (χ2n) is 4.27. The predicted molar refractivity (Wildman–Crippen MR) is 73.9 cm³/mol. The molecule has 1 aromatic carbocycles. The lowest BCUT2D eigenvalue weighted by atomic mass is 10.1. The van der Waals surface area contributed by atoms with E-state index < -0.39 is 11.9 Å². The molecule has 0 spiro atoms. The highest BCUT2D eigenvalue weighted by Gasteiger charge is 2.14. The van der Waals surface area contributed by atoms with Crippen molar-refractivity contribution in [3.63, 3.8) is 0 Å². The number of carboxylic acid groups (broad SMARTS) is 2. The fourth-order valence-corrected chi connectivity index (χ4v) is 2.14. The molecule has 0 bridgehead atoms. The van der Waals surface area contributed by atoms with Crippen molar-refractivity contribution in [3.8, 4) is 11.3 Å².